The minimum atomic E-state index is -0.145. The van der Waals surface area contributed by atoms with Gasteiger partial charge in [0, 0.05) is 18.8 Å². The van der Waals surface area contributed by atoms with E-state index < -0.39 is 0 Å². The summed E-state index contributed by atoms with van der Waals surface area (Å²) in [6, 6.07) is 13.0. The molecule has 0 heterocycles. The first-order chi connectivity index (χ1) is 11.7. The number of rotatable bonds is 9. The van der Waals surface area contributed by atoms with E-state index in [-0.39, 0.29) is 11.1 Å². The molecular formula is C20H24N4. The molecule has 0 aromatic heterocycles. The monoisotopic (exact) mass is 320 g/mol. The predicted molar refractivity (Wildman–Crippen MR) is 96.8 cm³/mol. The van der Waals surface area contributed by atoms with Crippen molar-refractivity contribution in [2.24, 2.45) is 0 Å². The summed E-state index contributed by atoms with van der Waals surface area (Å²) in [6.45, 7) is 6.29. The zero-order valence-corrected chi connectivity index (χ0v) is 14.5. The summed E-state index contributed by atoms with van der Waals surface area (Å²) < 4.78 is 0. The van der Waals surface area contributed by atoms with Crippen LogP contribution in [0.3, 0.4) is 0 Å². The van der Waals surface area contributed by atoms with E-state index in [0.29, 0.717) is 5.56 Å². The van der Waals surface area contributed by atoms with Crippen molar-refractivity contribution < 1.29 is 0 Å². The smallest absolute Gasteiger partial charge is 0.148 e. The molecule has 124 valence electrons. The number of hydrogen-bond donors (Lipinski definition) is 0. The highest BCUT2D eigenvalue weighted by Crippen LogP contribution is 2.22. The van der Waals surface area contributed by atoms with E-state index in [1.807, 2.05) is 30.3 Å². The summed E-state index contributed by atoms with van der Waals surface area (Å²) >= 11 is 0. The lowest BCUT2D eigenvalue weighted by Gasteiger charge is -2.23. The maximum atomic E-state index is 9.20. The van der Waals surface area contributed by atoms with Crippen LogP contribution in [0.5, 0.6) is 0 Å². The van der Waals surface area contributed by atoms with Crippen LogP contribution in [0.2, 0.25) is 0 Å². The largest absolute Gasteiger partial charge is 0.372 e. The second-order valence-corrected chi connectivity index (χ2v) is 5.63. The molecule has 1 aromatic rings. The van der Waals surface area contributed by atoms with Gasteiger partial charge in [0.05, 0.1) is 5.57 Å². The van der Waals surface area contributed by atoms with Gasteiger partial charge >= 0.3 is 0 Å². The van der Waals surface area contributed by atoms with Crippen LogP contribution in [0, 0.1) is 34.0 Å². The van der Waals surface area contributed by atoms with Crippen LogP contribution >= 0.6 is 0 Å². The van der Waals surface area contributed by atoms with Crippen LogP contribution in [0.1, 0.15) is 51.5 Å². The van der Waals surface area contributed by atoms with E-state index in [4.69, 9.17) is 10.5 Å². The lowest BCUT2D eigenvalue weighted by molar-refractivity contribution is 0.621. The lowest BCUT2D eigenvalue weighted by atomic mass is 10.0. The van der Waals surface area contributed by atoms with E-state index in [9.17, 15) is 5.26 Å². The molecule has 0 atom stereocenters. The molecule has 1 rings (SSSR count). The number of unbranched alkanes of at least 4 members (excludes halogenated alkanes) is 4. The first-order valence-electron chi connectivity index (χ1n) is 8.51. The van der Waals surface area contributed by atoms with Crippen LogP contribution in [-0.2, 0) is 0 Å². The van der Waals surface area contributed by atoms with Gasteiger partial charge in [-0.15, -0.1) is 0 Å². The van der Waals surface area contributed by atoms with Crippen molar-refractivity contribution in [3.63, 3.8) is 0 Å². The van der Waals surface area contributed by atoms with Gasteiger partial charge < -0.3 is 4.90 Å². The van der Waals surface area contributed by atoms with Crippen molar-refractivity contribution in [3.05, 3.63) is 35.4 Å². The van der Waals surface area contributed by atoms with Crippen LogP contribution in [0.15, 0.2) is 29.8 Å². The number of anilines is 1. The Morgan fingerprint density at radius 1 is 0.875 bits per heavy atom. The molecule has 1 aromatic carbocycles. The minimum absolute atomic E-state index is 0.133. The second kappa shape index (κ2) is 10.9. The fourth-order valence-electron chi connectivity index (χ4n) is 2.62. The molecule has 24 heavy (non-hydrogen) atoms. The summed E-state index contributed by atoms with van der Waals surface area (Å²) in [5, 5.41) is 27.1. The maximum absolute atomic E-state index is 9.20. The van der Waals surface area contributed by atoms with Crippen molar-refractivity contribution in [1.29, 1.82) is 15.8 Å². The molecule has 0 amide bonds. The summed E-state index contributed by atoms with van der Waals surface area (Å²) in [7, 11) is 0. The molecular weight excluding hydrogens is 296 g/mol. The topological polar surface area (TPSA) is 74.6 Å². The Balaban J connectivity index is 2.82. The van der Waals surface area contributed by atoms with Gasteiger partial charge in [0.2, 0.25) is 0 Å². The Labute approximate surface area is 145 Å². The molecule has 0 unspecified atom stereocenters. The van der Waals surface area contributed by atoms with Gasteiger partial charge in [-0.2, -0.15) is 15.8 Å². The van der Waals surface area contributed by atoms with E-state index in [0.717, 1.165) is 18.8 Å². The number of benzene rings is 1. The lowest BCUT2D eigenvalue weighted by Crippen LogP contribution is -2.23. The van der Waals surface area contributed by atoms with Gasteiger partial charge in [0.25, 0.3) is 0 Å². The molecule has 0 aliphatic carbocycles. The number of nitriles is 3. The molecule has 0 aliphatic heterocycles. The molecule has 0 radical (unpaired) electrons. The maximum Gasteiger partial charge on any atom is 0.148 e. The third kappa shape index (κ3) is 5.45. The Hall–Kier alpha value is -2.77. The van der Waals surface area contributed by atoms with Crippen LogP contribution < -0.4 is 4.90 Å². The van der Waals surface area contributed by atoms with Crippen LogP contribution in [0.25, 0.3) is 5.57 Å². The Morgan fingerprint density at radius 3 is 2.00 bits per heavy atom. The first kappa shape index (κ1) is 19.3. The van der Waals surface area contributed by atoms with Crippen LogP contribution in [-0.4, -0.2) is 13.1 Å². The van der Waals surface area contributed by atoms with Crippen molar-refractivity contribution in [2.75, 3.05) is 18.0 Å². The molecule has 0 aliphatic rings. The quantitative estimate of drug-likeness (QED) is 0.483. The summed E-state index contributed by atoms with van der Waals surface area (Å²) in [5.74, 6) is 0. The fourth-order valence-corrected chi connectivity index (χ4v) is 2.62. The zero-order valence-electron chi connectivity index (χ0n) is 14.5. The Morgan fingerprint density at radius 2 is 1.50 bits per heavy atom. The minimum Gasteiger partial charge on any atom is -0.372 e. The SMILES string of the molecule is CCCCCCCN(CC)c1ccc(C(C#N)=C(C#N)C#N)cc1. The molecule has 4 heteroatoms. The highest BCUT2D eigenvalue weighted by Gasteiger charge is 2.10. The third-order valence-electron chi connectivity index (χ3n) is 4.02. The van der Waals surface area contributed by atoms with Gasteiger partial charge in [-0.1, -0.05) is 44.7 Å². The van der Waals surface area contributed by atoms with Crippen molar-refractivity contribution >= 4 is 11.3 Å². The first-order valence-corrected chi connectivity index (χ1v) is 8.51. The van der Waals surface area contributed by atoms with Crippen LogP contribution in [0.4, 0.5) is 5.69 Å². The molecule has 0 saturated heterocycles. The van der Waals surface area contributed by atoms with Crippen molar-refractivity contribution in [1.82, 2.24) is 0 Å². The fraction of sp³-hybridized carbons (Fsp3) is 0.450. The van der Waals surface area contributed by atoms with Gasteiger partial charge in [-0.05, 0) is 31.0 Å². The normalized spacial score (nSPS) is 9.46. The predicted octanol–water partition coefficient (Wildman–Crippen LogP) is 4.81. The molecule has 0 fully saturated rings. The standard InChI is InChI=1S/C20H24N4/c1-3-5-6-7-8-13-24(4-2)19-11-9-17(10-12-19)20(16-23)18(14-21)15-22/h9-12H,3-8,13H2,1-2H3. The summed E-state index contributed by atoms with van der Waals surface area (Å²) in [5.41, 5.74) is 1.70. The second-order valence-electron chi connectivity index (χ2n) is 5.63. The van der Waals surface area contributed by atoms with E-state index in [1.165, 1.54) is 32.1 Å². The molecule has 0 bridgehead atoms. The highest BCUT2D eigenvalue weighted by atomic mass is 15.1. The number of nitrogens with zero attached hydrogens (tertiary/aromatic N) is 4. The average molecular weight is 320 g/mol. The summed E-state index contributed by atoms with van der Waals surface area (Å²) in [6.07, 6.45) is 6.25. The van der Waals surface area contributed by atoms with Gasteiger partial charge in [-0.25, -0.2) is 0 Å². The van der Waals surface area contributed by atoms with Crippen molar-refractivity contribution in [3.8, 4) is 18.2 Å². The van der Waals surface area contributed by atoms with E-state index in [2.05, 4.69) is 18.7 Å². The Bertz CT molecular complexity index is 650. The molecule has 0 N–H and O–H groups in total. The number of allylic oxidation sites excluding steroid dienone is 2. The van der Waals surface area contributed by atoms with E-state index >= 15 is 0 Å². The molecule has 0 spiro atoms. The van der Waals surface area contributed by atoms with Gasteiger partial charge in [0.15, 0.2) is 0 Å². The molecule has 0 saturated carbocycles. The third-order valence-corrected chi connectivity index (χ3v) is 4.02. The summed E-state index contributed by atoms with van der Waals surface area (Å²) in [4.78, 5) is 2.31. The van der Waals surface area contributed by atoms with E-state index in [1.54, 1.807) is 12.1 Å². The van der Waals surface area contributed by atoms with Gasteiger partial charge in [-0.3, -0.25) is 0 Å². The zero-order chi connectivity index (χ0) is 17.8. The highest BCUT2D eigenvalue weighted by molar-refractivity contribution is 5.84. The van der Waals surface area contributed by atoms with Gasteiger partial charge in [0.1, 0.15) is 23.8 Å². The van der Waals surface area contributed by atoms with Crippen molar-refractivity contribution in [2.45, 2.75) is 46.0 Å². The Kier molecular flexibility index (Phi) is 8.73. The average Bonchev–Trinajstić information content (AvgIpc) is 2.63. The number of hydrogen-bond acceptors (Lipinski definition) is 4. The molecule has 4 nitrogen and oxygen atoms in total.